The zero-order valence-corrected chi connectivity index (χ0v) is 36.4. The van der Waals surface area contributed by atoms with Crippen LogP contribution in [0.25, 0.3) is 0 Å². The van der Waals surface area contributed by atoms with Crippen molar-refractivity contribution in [3.8, 4) is 0 Å². The van der Waals surface area contributed by atoms with E-state index in [-0.39, 0.29) is 19.4 Å². The average molecular weight is 779 g/mol. The minimum Gasteiger partial charge on any atom is -0.461 e. The van der Waals surface area contributed by atoms with Crippen LogP contribution in [-0.4, -0.2) is 36.4 Å². The van der Waals surface area contributed by atoms with Gasteiger partial charge in [-0.2, -0.15) is 0 Å². The van der Waals surface area contributed by atoms with E-state index in [2.05, 4.69) is 74.6 Å². The Morgan fingerprint density at radius 3 is 1.07 bits per heavy atom. The maximum absolute atomic E-state index is 12.2. The molecule has 0 aliphatic rings. The van der Waals surface area contributed by atoms with Gasteiger partial charge in [-0.15, -0.1) is 0 Å². The van der Waals surface area contributed by atoms with Gasteiger partial charge in [0, 0.05) is 0 Å². The molecule has 0 fully saturated rings. The van der Waals surface area contributed by atoms with Crippen molar-refractivity contribution in [2.75, 3.05) is 13.2 Å². The van der Waals surface area contributed by atoms with E-state index in [9.17, 15) is 14.7 Å². The Kier molecular flexibility index (Phi) is 44.0. The molecule has 0 aromatic heterocycles. The fourth-order valence-electron chi connectivity index (χ4n) is 6.23. The van der Waals surface area contributed by atoms with Crippen molar-refractivity contribution >= 4 is 11.9 Å². The molecule has 0 saturated heterocycles. The van der Waals surface area contributed by atoms with Crippen LogP contribution in [0, 0.1) is 0 Å². The highest BCUT2D eigenvalue weighted by Crippen LogP contribution is 2.13. The number of unbranched alkanes of at least 4 members (excludes halogenated alkanes) is 21. The van der Waals surface area contributed by atoms with Crippen molar-refractivity contribution in [2.24, 2.45) is 0 Å². The number of carbonyl (C=O) groups excluding carboxylic acids is 2. The largest absolute Gasteiger partial charge is 0.461 e. The normalized spacial score (nSPS) is 13.0. The summed E-state index contributed by atoms with van der Waals surface area (Å²) in [6, 6.07) is 0. The van der Waals surface area contributed by atoms with Gasteiger partial charge in [0.25, 0.3) is 0 Å². The van der Waals surface area contributed by atoms with Crippen LogP contribution in [-0.2, 0) is 19.1 Å². The second-order valence-corrected chi connectivity index (χ2v) is 15.2. The van der Waals surface area contributed by atoms with Gasteiger partial charge in [-0.3, -0.25) is 9.59 Å². The monoisotopic (exact) mass is 779 g/mol. The molecule has 320 valence electrons. The van der Waals surface area contributed by atoms with E-state index in [0.717, 1.165) is 38.5 Å². The summed E-state index contributed by atoms with van der Waals surface area (Å²) in [5, 5.41) is 9.56. The maximum atomic E-state index is 12.2. The van der Waals surface area contributed by atoms with E-state index in [1.807, 2.05) is 12.2 Å². The molecule has 0 heterocycles. The number of hydrogen-bond acceptors (Lipinski definition) is 5. The first-order valence-corrected chi connectivity index (χ1v) is 23.1. The third-order valence-electron chi connectivity index (χ3n) is 9.73. The number of carbonyl (C=O) groups is 2. The van der Waals surface area contributed by atoms with E-state index in [1.54, 1.807) is 12.2 Å². The summed E-state index contributed by atoms with van der Waals surface area (Å²) in [4.78, 5) is 24.2. The lowest BCUT2D eigenvalue weighted by Gasteiger charge is -2.14. The quantitative estimate of drug-likeness (QED) is 0.0380. The van der Waals surface area contributed by atoms with Gasteiger partial charge in [-0.25, -0.2) is 0 Å². The van der Waals surface area contributed by atoms with Gasteiger partial charge in [-0.1, -0.05) is 221 Å². The number of allylic oxidation sites excluding steroid dienone is 12. The second kappa shape index (κ2) is 46.5. The molecule has 0 rings (SSSR count). The molecular weight excluding hydrogens is 693 g/mol. The summed E-state index contributed by atoms with van der Waals surface area (Å²) < 4.78 is 10.5. The average Bonchev–Trinajstić information content (AvgIpc) is 3.20. The Hall–Kier alpha value is -2.92. The summed E-state index contributed by atoms with van der Waals surface area (Å²) in [7, 11) is 0. The van der Waals surface area contributed by atoms with Gasteiger partial charge in [0.2, 0.25) is 0 Å². The number of hydrogen-bond donors (Lipinski definition) is 1. The summed E-state index contributed by atoms with van der Waals surface area (Å²) in [6.45, 7) is 3.99. The predicted octanol–water partition coefficient (Wildman–Crippen LogP) is 15.1. The van der Waals surface area contributed by atoms with E-state index in [1.165, 1.54) is 141 Å². The van der Waals surface area contributed by atoms with Crippen LogP contribution in [0.2, 0.25) is 0 Å². The summed E-state index contributed by atoms with van der Waals surface area (Å²) in [5.74, 6) is -0.872. The molecule has 0 bridgehead atoms. The van der Waals surface area contributed by atoms with Crippen LogP contribution in [0.5, 0.6) is 0 Å². The SMILES string of the molecule is CCCCCCCCCCCC=CCC=CCC=CCC=CCC(=O)OC[C@H](CO)OC(=O)CC=CCC=CCC=CCCCCCCCCCCCCCC. The lowest BCUT2D eigenvalue weighted by molar-refractivity contribution is -0.160. The van der Waals surface area contributed by atoms with Crippen LogP contribution < -0.4 is 0 Å². The smallest absolute Gasteiger partial charge is 0.310 e. The third-order valence-corrected chi connectivity index (χ3v) is 9.73. The molecule has 0 amide bonds. The van der Waals surface area contributed by atoms with E-state index in [4.69, 9.17) is 9.47 Å². The van der Waals surface area contributed by atoms with Crippen molar-refractivity contribution in [1.29, 1.82) is 0 Å². The highest BCUT2D eigenvalue weighted by molar-refractivity contribution is 5.72. The molecule has 0 aromatic carbocycles. The van der Waals surface area contributed by atoms with Crippen molar-refractivity contribution in [3.63, 3.8) is 0 Å². The lowest BCUT2D eigenvalue weighted by atomic mass is 10.0. The maximum Gasteiger partial charge on any atom is 0.310 e. The van der Waals surface area contributed by atoms with Crippen molar-refractivity contribution in [3.05, 3.63) is 85.1 Å². The standard InChI is InChI=1S/C51H86O5/c1-3-5-7-9-11-13-15-17-19-21-23-25-27-29-31-33-35-37-39-41-43-45-50(53)55-48-49(47-52)56-51(54)46-44-42-40-38-36-34-32-30-28-26-24-22-20-18-16-14-12-10-8-6-4-2/h23,25,29-32,35-38,41-44,49,52H,3-22,24,26-28,33-34,39-40,45-48H2,1-2H3/t49-/m0/s1. The molecule has 0 spiro atoms. The van der Waals surface area contributed by atoms with Gasteiger partial charge in [-0.05, 0) is 57.8 Å². The third kappa shape index (κ3) is 43.8. The van der Waals surface area contributed by atoms with Crippen LogP contribution in [0.1, 0.15) is 206 Å². The van der Waals surface area contributed by atoms with Crippen LogP contribution in [0.3, 0.4) is 0 Å². The fraction of sp³-hybridized carbons (Fsp3) is 0.686. The van der Waals surface area contributed by atoms with E-state index < -0.39 is 24.6 Å². The molecule has 1 atom stereocenters. The Balaban J connectivity index is 3.76. The second-order valence-electron chi connectivity index (χ2n) is 15.2. The Bertz CT molecular complexity index is 1060. The van der Waals surface area contributed by atoms with Crippen molar-refractivity contribution < 1.29 is 24.2 Å². The summed E-state index contributed by atoms with van der Waals surface area (Å²) >= 11 is 0. The molecule has 1 N–H and O–H groups in total. The molecule has 0 radical (unpaired) electrons. The molecule has 0 saturated carbocycles. The van der Waals surface area contributed by atoms with Crippen molar-refractivity contribution in [2.45, 2.75) is 213 Å². The molecule has 56 heavy (non-hydrogen) atoms. The van der Waals surface area contributed by atoms with E-state index >= 15 is 0 Å². The number of aliphatic hydroxyl groups is 1. The zero-order valence-electron chi connectivity index (χ0n) is 36.4. The highest BCUT2D eigenvalue weighted by Gasteiger charge is 2.15. The first kappa shape index (κ1) is 53.1. The number of esters is 2. The van der Waals surface area contributed by atoms with Gasteiger partial charge < -0.3 is 14.6 Å². The molecule has 0 aromatic rings. The highest BCUT2D eigenvalue weighted by atomic mass is 16.6. The number of aliphatic hydroxyl groups excluding tert-OH is 1. The van der Waals surface area contributed by atoms with Gasteiger partial charge >= 0.3 is 11.9 Å². The minimum atomic E-state index is -0.864. The number of ether oxygens (including phenoxy) is 2. The topological polar surface area (TPSA) is 72.8 Å². The molecule has 0 aliphatic carbocycles. The Labute approximate surface area is 346 Å². The zero-order chi connectivity index (χ0) is 40.7. The summed E-state index contributed by atoms with van der Waals surface area (Å²) in [6.07, 6.45) is 64.3. The predicted molar refractivity (Wildman–Crippen MR) is 242 cm³/mol. The molecule has 5 nitrogen and oxygen atoms in total. The summed E-state index contributed by atoms with van der Waals surface area (Å²) in [5.41, 5.74) is 0. The Morgan fingerprint density at radius 2 is 0.714 bits per heavy atom. The molecule has 0 aliphatic heterocycles. The fourth-order valence-corrected chi connectivity index (χ4v) is 6.23. The van der Waals surface area contributed by atoms with Crippen molar-refractivity contribution in [1.82, 2.24) is 0 Å². The van der Waals surface area contributed by atoms with Gasteiger partial charge in [0.1, 0.15) is 6.61 Å². The van der Waals surface area contributed by atoms with Crippen LogP contribution in [0.4, 0.5) is 0 Å². The lowest BCUT2D eigenvalue weighted by Crippen LogP contribution is -2.28. The van der Waals surface area contributed by atoms with Gasteiger partial charge in [0.05, 0.1) is 19.4 Å². The molecule has 0 unspecified atom stereocenters. The van der Waals surface area contributed by atoms with Crippen LogP contribution >= 0.6 is 0 Å². The van der Waals surface area contributed by atoms with E-state index in [0.29, 0.717) is 0 Å². The van der Waals surface area contributed by atoms with Crippen LogP contribution in [0.15, 0.2) is 85.1 Å². The first-order valence-electron chi connectivity index (χ1n) is 23.1. The minimum absolute atomic E-state index is 0.111. The molecule has 5 heteroatoms. The Morgan fingerprint density at radius 1 is 0.411 bits per heavy atom. The van der Waals surface area contributed by atoms with Gasteiger partial charge in [0.15, 0.2) is 6.10 Å². The number of rotatable bonds is 41. The molecular formula is C51H86O5. The first-order chi connectivity index (χ1) is 27.6.